The van der Waals surface area contributed by atoms with Crippen molar-refractivity contribution < 1.29 is 14.7 Å². The molecule has 0 aliphatic heterocycles. The lowest BCUT2D eigenvalue weighted by molar-refractivity contribution is -0.121. The summed E-state index contributed by atoms with van der Waals surface area (Å²) in [5.41, 5.74) is -0.628. The number of nitrogens with zero attached hydrogens (tertiary/aromatic N) is 1. The fraction of sp³-hybridized carbons (Fsp3) is 0.182. The number of aromatic nitrogens is 1. The highest BCUT2D eigenvalue weighted by Gasteiger charge is 2.07. The van der Waals surface area contributed by atoms with Gasteiger partial charge < -0.3 is 15.0 Å². The Morgan fingerprint density at radius 1 is 1.53 bits per heavy atom. The Kier molecular flexibility index (Phi) is 4.21. The van der Waals surface area contributed by atoms with Gasteiger partial charge in [0.1, 0.15) is 6.54 Å². The maximum absolute atomic E-state index is 11.5. The molecule has 0 fully saturated rings. The van der Waals surface area contributed by atoms with Gasteiger partial charge in [0.2, 0.25) is 5.91 Å². The number of aromatic carboxylic acids is 1. The van der Waals surface area contributed by atoms with Gasteiger partial charge in [-0.3, -0.25) is 9.59 Å². The van der Waals surface area contributed by atoms with Gasteiger partial charge in [-0.25, -0.2) is 4.79 Å². The molecule has 0 spiro atoms. The number of amides is 1. The Morgan fingerprint density at radius 2 is 2.24 bits per heavy atom. The molecule has 0 saturated heterocycles. The first-order chi connectivity index (χ1) is 8.04. The molecule has 0 atom stereocenters. The summed E-state index contributed by atoms with van der Waals surface area (Å²) >= 11 is 0. The highest BCUT2D eigenvalue weighted by atomic mass is 16.4. The SMILES string of the molecule is C=CCNC(=O)Cn1ccc(C(=O)O)cc1=O. The van der Waals surface area contributed by atoms with Gasteiger partial charge in [0.25, 0.3) is 5.56 Å². The summed E-state index contributed by atoms with van der Waals surface area (Å²) in [7, 11) is 0. The van der Waals surface area contributed by atoms with E-state index in [-0.39, 0.29) is 18.0 Å². The molecule has 2 N–H and O–H groups in total. The number of carboxylic acid groups (broad SMARTS) is 1. The van der Waals surface area contributed by atoms with Gasteiger partial charge in [-0.15, -0.1) is 6.58 Å². The topological polar surface area (TPSA) is 88.4 Å². The van der Waals surface area contributed by atoms with E-state index in [1.54, 1.807) is 0 Å². The lowest BCUT2D eigenvalue weighted by atomic mass is 10.3. The third-order valence-corrected chi connectivity index (χ3v) is 2.00. The molecule has 1 heterocycles. The van der Waals surface area contributed by atoms with Crippen LogP contribution in [0.3, 0.4) is 0 Å². The number of rotatable bonds is 5. The first kappa shape index (κ1) is 12.7. The van der Waals surface area contributed by atoms with Gasteiger partial charge in [0, 0.05) is 18.8 Å². The fourth-order valence-electron chi connectivity index (χ4n) is 1.17. The van der Waals surface area contributed by atoms with Gasteiger partial charge in [0.15, 0.2) is 0 Å². The first-order valence-corrected chi connectivity index (χ1v) is 4.86. The summed E-state index contributed by atoms with van der Waals surface area (Å²) in [6.45, 7) is 3.61. The number of carbonyl (C=O) groups is 2. The minimum absolute atomic E-state index is 0.0993. The summed E-state index contributed by atoms with van der Waals surface area (Å²) in [5.74, 6) is -1.51. The van der Waals surface area contributed by atoms with Crippen LogP contribution < -0.4 is 10.9 Å². The molecule has 1 aromatic rings. The molecule has 1 aromatic heterocycles. The number of nitrogens with one attached hydrogen (secondary N) is 1. The number of carbonyl (C=O) groups excluding carboxylic acids is 1. The highest BCUT2D eigenvalue weighted by Crippen LogP contribution is 1.94. The van der Waals surface area contributed by atoms with Crippen molar-refractivity contribution in [1.29, 1.82) is 0 Å². The lowest BCUT2D eigenvalue weighted by Gasteiger charge is -2.05. The predicted octanol–water partition coefficient (Wildman–Crippen LogP) is -0.151. The second-order valence-electron chi connectivity index (χ2n) is 3.28. The Bertz CT molecular complexity index is 504. The molecular formula is C11H12N2O4. The molecular weight excluding hydrogens is 224 g/mol. The van der Waals surface area contributed by atoms with Crippen LogP contribution in [0.25, 0.3) is 0 Å². The second-order valence-corrected chi connectivity index (χ2v) is 3.28. The van der Waals surface area contributed by atoms with Crippen LogP contribution in [-0.4, -0.2) is 28.1 Å². The third kappa shape index (κ3) is 3.60. The zero-order valence-corrected chi connectivity index (χ0v) is 9.05. The Morgan fingerprint density at radius 3 is 2.76 bits per heavy atom. The molecule has 0 aliphatic rings. The standard InChI is InChI=1S/C11H12N2O4/c1-2-4-12-9(14)7-13-5-3-8(11(16)17)6-10(13)15/h2-3,5-6H,1,4,7H2,(H,12,14)(H,16,17). The maximum Gasteiger partial charge on any atom is 0.335 e. The molecule has 6 nitrogen and oxygen atoms in total. The van der Waals surface area contributed by atoms with Crippen LogP contribution in [-0.2, 0) is 11.3 Å². The molecule has 1 amide bonds. The van der Waals surface area contributed by atoms with Gasteiger partial charge in [0.05, 0.1) is 5.56 Å². The first-order valence-electron chi connectivity index (χ1n) is 4.86. The molecule has 17 heavy (non-hydrogen) atoms. The quantitative estimate of drug-likeness (QED) is 0.696. The van der Waals surface area contributed by atoms with Crippen molar-refractivity contribution in [3.05, 3.63) is 46.9 Å². The average Bonchev–Trinajstić information content (AvgIpc) is 2.28. The zero-order chi connectivity index (χ0) is 12.8. The van der Waals surface area contributed by atoms with Crippen LogP contribution in [0.5, 0.6) is 0 Å². The van der Waals surface area contributed by atoms with Gasteiger partial charge >= 0.3 is 5.97 Å². The third-order valence-electron chi connectivity index (χ3n) is 2.00. The maximum atomic E-state index is 11.5. The Balaban J connectivity index is 2.79. The van der Waals surface area contributed by atoms with E-state index in [0.29, 0.717) is 6.54 Å². The molecule has 0 saturated carbocycles. The predicted molar refractivity (Wildman–Crippen MR) is 60.9 cm³/mol. The smallest absolute Gasteiger partial charge is 0.335 e. The second kappa shape index (κ2) is 5.64. The van der Waals surface area contributed by atoms with Gasteiger partial charge in [-0.2, -0.15) is 0 Å². The fourth-order valence-corrected chi connectivity index (χ4v) is 1.17. The molecule has 0 radical (unpaired) electrons. The molecule has 0 aliphatic carbocycles. The van der Waals surface area contributed by atoms with Crippen LogP contribution >= 0.6 is 0 Å². The Hall–Kier alpha value is -2.37. The normalized spacial score (nSPS) is 9.65. The van der Waals surface area contributed by atoms with Crippen LogP contribution in [0.4, 0.5) is 0 Å². The van der Waals surface area contributed by atoms with E-state index in [9.17, 15) is 14.4 Å². The van der Waals surface area contributed by atoms with E-state index in [1.807, 2.05) is 0 Å². The number of hydrogen-bond donors (Lipinski definition) is 2. The van der Waals surface area contributed by atoms with Crippen LogP contribution in [0.2, 0.25) is 0 Å². The van der Waals surface area contributed by atoms with Crippen molar-refractivity contribution in [2.24, 2.45) is 0 Å². The number of carboxylic acids is 1. The Labute approximate surface area is 97.2 Å². The molecule has 0 bridgehead atoms. The summed E-state index contributed by atoms with van der Waals surface area (Å²) in [5, 5.41) is 11.2. The molecule has 0 unspecified atom stereocenters. The molecule has 1 rings (SSSR count). The zero-order valence-electron chi connectivity index (χ0n) is 9.05. The van der Waals surface area contributed by atoms with E-state index in [0.717, 1.165) is 10.6 Å². The molecule has 90 valence electrons. The minimum atomic E-state index is -1.18. The van der Waals surface area contributed by atoms with Crippen LogP contribution in [0.1, 0.15) is 10.4 Å². The van der Waals surface area contributed by atoms with E-state index < -0.39 is 11.5 Å². The van der Waals surface area contributed by atoms with Gasteiger partial charge in [-0.1, -0.05) is 6.08 Å². The van der Waals surface area contributed by atoms with Crippen LogP contribution in [0.15, 0.2) is 35.8 Å². The van der Waals surface area contributed by atoms with Crippen molar-refractivity contribution in [3.8, 4) is 0 Å². The monoisotopic (exact) mass is 236 g/mol. The molecule has 0 aromatic carbocycles. The summed E-state index contributed by atoms with van der Waals surface area (Å²) in [6, 6.07) is 2.24. The van der Waals surface area contributed by atoms with Crippen molar-refractivity contribution in [2.75, 3.05) is 6.54 Å². The van der Waals surface area contributed by atoms with Gasteiger partial charge in [-0.05, 0) is 6.07 Å². The largest absolute Gasteiger partial charge is 0.478 e. The summed E-state index contributed by atoms with van der Waals surface area (Å²) in [6.07, 6.45) is 2.80. The van der Waals surface area contributed by atoms with E-state index in [2.05, 4.69) is 11.9 Å². The number of hydrogen-bond acceptors (Lipinski definition) is 3. The lowest BCUT2D eigenvalue weighted by Crippen LogP contribution is -2.32. The van der Waals surface area contributed by atoms with Crippen LogP contribution in [0, 0.1) is 0 Å². The van der Waals surface area contributed by atoms with Crippen molar-refractivity contribution >= 4 is 11.9 Å². The minimum Gasteiger partial charge on any atom is -0.478 e. The van der Waals surface area contributed by atoms with Crippen molar-refractivity contribution in [1.82, 2.24) is 9.88 Å². The van der Waals surface area contributed by atoms with E-state index in [4.69, 9.17) is 5.11 Å². The van der Waals surface area contributed by atoms with E-state index in [1.165, 1.54) is 18.3 Å². The summed E-state index contributed by atoms with van der Waals surface area (Å²) < 4.78 is 1.13. The van der Waals surface area contributed by atoms with Crippen molar-refractivity contribution in [3.63, 3.8) is 0 Å². The molecule has 6 heteroatoms. The number of pyridine rings is 1. The average molecular weight is 236 g/mol. The van der Waals surface area contributed by atoms with Crippen molar-refractivity contribution in [2.45, 2.75) is 6.54 Å². The van der Waals surface area contributed by atoms with E-state index >= 15 is 0 Å². The highest BCUT2D eigenvalue weighted by molar-refractivity contribution is 5.87. The summed E-state index contributed by atoms with van der Waals surface area (Å²) in [4.78, 5) is 33.4.